The number of hydrogen-bond donors (Lipinski definition) is 0. The molecule has 0 saturated heterocycles. The smallest absolute Gasteiger partial charge is 0.315 e. The summed E-state index contributed by atoms with van der Waals surface area (Å²) in [7, 11) is 0.901. The van der Waals surface area contributed by atoms with Crippen molar-refractivity contribution in [1.29, 1.82) is 0 Å². The second-order valence-electron chi connectivity index (χ2n) is 9.48. The maximum absolute atomic E-state index is 12.9. The van der Waals surface area contributed by atoms with Gasteiger partial charge in [0.2, 0.25) is 0 Å². The first kappa shape index (κ1) is 22.1. The Morgan fingerprint density at radius 3 is 2.41 bits per heavy atom. The van der Waals surface area contributed by atoms with Crippen LogP contribution in [-0.2, 0) is 23.5 Å². The average Bonchev–Trinajstić information content (AvgIpc) is 2.96. The van der Waals surface area contributed by atoms with Crippen LogP contribution in [0.15, 0.2) is 11.6 Å². The largest absolute Gasteiger partial charge is 0.469 e. The van der Waals surface area contributed by atoms with Gasteiger partial charge in [0.1, 0.15) is 0 Å². The first-order chi connectivity index (χ1) is 12.5. The minimum absolute atomic E-state index is 0.0887. The SMILES string of the molecule is COC(=O)CCC1=C[C@H]2CC[C@@H](O[Si](C)(C)C(C)(C)C)[C@@]2(C(=O)OC)CC1. The monoisotopic (exact) mass is 396 g/mol. The molecule has 5 nitrogen and oxygen atoms in total. The third-order valence-corrected chi connectivity index (χ3v) is 11.4. The van der Waals surface area contributed by atoms with Gasteiger partial charge in [0.05, 0.1) is 25.7 Å². The summed E-state index contributed by atoms with van der Waals surface area (Å²) in [6.07, 6.45) is 6.57. The maximum atomic E-state index is 12.9. The van der Waals surface area contributed by atoms with Gasteiger partial charge in [-0.1, -0.05) is 32.4 Å². The Labute approximate surface area is 165 Å². The molecule has 154 valence electrons. The van der Waals surface area contributed by atoms with E-state index in [1.54, 1.807) is 0 Å². The van der Waals surface area contributed by atoms with Crippen LogP contribution in [0.3, 0.4) is 0 Å². The number of allylic oxidation sites excluding steroid dienone is 2. The third kappa shape index (κ3) is 4.32. The highest BCUT2D eigenvalue weighted by molar-refractivity contribution is 6.74. The molecule has 27 heavy (non-hydrogen) atoms. The van der Waals surface area contributed by atoms with E-state index in [9.17, 15) is 9.59 Å². The van der Waals surface area contributed by atoms with Crippen molar-refractivity contribution in [3.05, 3.63) is 11.6 Å². The molecule has 2 aliphatic carbocycles. The molecule has 0 spiro atoms. The third-order valence-electron chi connectivity index (χ3n) is 6.96. The molecule has 0 amide bonds. The summed E-state index contributed by atoms with van der Waals surface area (Å²) in [5.74, 6) is -0.204. The van der Waals surface area contributed by atoms with Crippen molar-refractivity contribution in [2.24, 2.45) is 11.3 Å². The second kappa shape index (κ2) is 8.07. The van der Waals surface area contributed by atoms with Crippen LogP contribution in [0.5, 0.6) is 0 Å². The Morgan fingerprint density at radius 2 is 1.85 bits per heavy atom. The van der Waals surface area contributed by atoms with Crippen LogP contribution in [0.25, 0.3) is 0 Å². The molecule has 2 aliphatic rings. The number of hydrogen-bond acceptors (Lipinski definition) is 5. The van der Waals surface area contributed by atoms with E-state index >= 15 is 0 Å². The van der Waals surface area contributed by atoms with Gasteiger partial charge in [-0.15, -0.1) is 0 Å². The Kier molecular flexibility index (Phi) is 6.62. The fourth-order valence-electron chi connectivity index (χ4n) is 4.24. The average molecular weight is 397 g/mol. The molecule has 0 bridgehead atoms. The summed E-state index contributed by atoms with van der Waals surface area (Å²) in [5.41, 5.74) is 0.664. The van der Waals surface area contributed by atoms with Crippen LogP contribution in [0.2, 0.25) is 18.1 Å². The van der Waals surface area contributed by atoms with Crippen molar-refractivity contribution in [3.63, 3.8) is 0 Å². The highest BCUT2D eigenvalue weighted by Crippen LogP contribution is 2.55. The Balaban J connectivity index is 2.25. The van der Waals surface area contributed by atoms with E-state index in [1.165, 1.54) is 19.8 Å². The summed E-state index contributed by atoms with van der Waals surface area (Å²) in [5, 5.41) is 0.0958. The predicted octanol–water partition coefficient (Wildman–Crippen LogP) is 4.62. The predicted molar refractivity (Wildman–Crippen MR) is 108 cm³/mol. The topological polar surface area (TPSA) is 61.8 Å². The van der Waals surface area contributed by atoms with E-state index in [1.807, 2.05) is 0 Å². The number of esters is 2. The van der Waals surface area contributed by atoms with Crippen LogP contribution in [0, 0.1) is 11.3 Å². The summed E-state index contributed by atoms with van der Waals surface area (Å²) in [6, 6.07) is 0. The molecule has 0 aromatic rings. The summed E-state index contributed by atoms with van der Waals surface area (Å²) < 4.78 is 16.8. The standard InChI is InChI=1S/C21H36O5Si/c1-20(2,3)27(6,7)26-17-10-9-16-14-15(8-11-18(22)24-4)12-13-21(16,17)19(23)25-5/h14,16-17H,8-13H2,1-7H3/t16-,17-,21-/m1/s1. The zero-order chi connectivity index (χ0) is 20.5. The van der Waals surface area contributed by atoms with E-state index < -0.39 is 13.7 Å². The lowest BCUT2D eigenvalue weighted by molar-refractivity contribution is -0.161. The number of carbonyl (C=O) groups is 2. The Morgan fingerprint density at radius 1 is 1.19 bits per heavy atom. The van der Waals surface area contributed by atoms with E-state index in [4.69, 9.17) is 13.9 Å². The summed E-state index contributed by atoms with van der Waals surface area (Å²) >= 11 is 0. The number of carbonyl (C=O) groups excluding carboxylic acids is 2. The van der Waals surface area contributed by atoms with Gasteiger partial charge < -0.3 is 13.9 Å². The highest BCUT2D eigenvalue weighted by atomic mass is 28.4. The number of rotatable bonds is 6. The summed E-state index contributed by atoms with van der Waals surface area (Å²) in [6.45, 7) is 11.2. The van der Waals surface area contributed by atoms with E-state index in [0.29, 0.717) is 12.8 Å². The van der Waals surface area contributed by atoms with E-state index in [-0.39, 0.29) is 29.0 Å². The Hall–Kier alpha value is -1.14. The molecule has 0 aromatic carbocycles. The molecule has 1 fully saturated rings. The van der Waals surface area contributed by atoms with Crippen molar-refractivity contribution >= 4 is 20.3 Å². The molecule has 0 N–H and O–H groups in total. The fraction of sp³-hybridized carbons (Fsp3) is 0.810. The summed E-state index contributed by atoms with van der Waals surface area (Å²) in [4.78, 5) is 24.4. The van der Waals surface area contributed by atoms with Gasteiger partial charge >= 0.3 is 11.9 Å². The van der Waals surface area contributed by atoms with E-state index in [0.717, 1.165) is 25.7 Å². The molecule has 6 heteroatoms. The first-order valence-electron chi connectivity index (χ1n) is 10.0. The maximum Gasteiger partial charge on any atom is 0.315 e. The molecular weight excluding hydrogens is 360 g/mol. The molecule has 0 unspecified atom stereocenters. The normalized spacial score (nSPS) is 28.3. The van der Waals surface area contributed by atoms with Crippen molar-refractivity contribution in [2.75, 3.05) is 14.2 Å². The molecule has 0 radical (unpaired) electrons. The van der Waals surface area contributed by atoms with E-state index in [2.05, 4.69) is 39.9 Å². The van der Waals surface area contributed by atoms with Crippen LogP contribution in [0.1, 0.15) is 59.3 Å². The zero-order valence-corrected chi connectivity index (χ0v) is 19.0. The lowest BCUT2D eigenvalue weighted by atomic mass is 9.68. The van der Waals surface area contributed by atoms with Gasteiger partial charge in [0.25, 0.3) is 0 Å². The zero-order valence-electron chi connectivity index (χ0n) is 18.0. The lowest BCUT2D eigenvalue weighted by Crippen LogP contribution is -2.52. The number of ether oxygens (including phenoxy) is 2. The van der Waals surface area contributed by atoms with Crippen LogP contribution < -0.4 is 0 Å². The first-order valence-corrected chi connectivity index (χ1v) is 12.9. The van der Waals surface area contributed by atoms with Gasteiger partial charge in [-0.05, 0) is 56.2 Å². The van der Waals surface area contributed by atoms with Gasteiger partial charge in [-0.3, -0.25) is 9.59 Å². The minimum Gasteiger partial charge on any atom is -0.469 e. The lowest BCUT2D eigenvalue weighted by Gasteiger charge is -2.45. The van der Waals surface area contributed by atoms with Crippen molar-refractivity contribution in [1.82, 2.24) is 0 Å². The van der Waals surface area contributed by atoms with Crippen LogP contribution >= 0.6 is 0 Å². The molecule has 0 heterocycles. The van der Waals surface area contributed by atoms with Gasteiger partial charge in [0.15, 0.2) is 8.32 Å². The van der Waals surface area contributed by atoms with Crippen LogP contribution in [-0.4, -0.2) is 40.6 Å². The highest BCUT2D eigenvalue weighted by Gasteiger charge is 2.59. The Bertz CT molecular complexity index is 604. The van der Waals surface area contributed by atoms with Crippen molar-refractivity contribution in [3.8, 4) is 0 Å². The molecule has 2 rings (SSSR count). The van der Waals surface area contributed by atoms with Crippen molar-refractivity contribution < 1.29 is 23.5 Å². The van der Waals surface area contributed by atoms with Gasteiger partial charge in [-0.2, -0.15) is 0 Å². The second-order valence-corrected chi connectivity index (χ2v) is 14.2. The number of fused-ring (bicyclic) bond motifs is 1. The van der Waals surface area contributed by atoms with Crippen LogP contribution in [0.4, 0.5) is 0 Å². The molecule has 1 saturated carbocycles. The minimum atomic E-state index is -1.99. The molecule has 0 aromatic heterocycles. The molecular formula is C21H36O5Si. The molecule has 0 aliphatic heterocycles. The quantitative estimate of drug-likeness (QED) is 0.372. The molecule has 3 atom stereocenters. The van der Waals surface area contributed by atoms with Crippen molar-refractivity contribution in [2.45, 2.75) is 83.5 Å². The fourth-order valence-corrected chi connectivity index (χ4v) is 5.64. The number of methoxy groups -OCH3 is 2. The van der Waals surface area contributed by atoms with Gasteiger partial charge in [0, 0.05) is 6.42 Å². The van der Waals surface area contributed by atoms with Gasteiger partial charge in [-0.25, -0.2) is 0 Å².